The van der Waals surface area contributed by atoms with E-state index in [2.05, 4.69) is 26.0 Å². The van der Waals surface area contributed by atoms with Crippen LogP contribution in [0.3, 0.4) is 0 Å². The molecule has 3 amide bonds. The summed E-state index contributed by atoms with van der Waals surface area (Å²) in [7, 11) is 0. The minimum absolute atomic E-state index is 0.0208. The summed E-state index contributed by atoms with van der Waals surface area (Å²) < 4.78 is 1.47. The molecule has 0 radical (unpaired) electrons. The van der Waals surface area contributed by atoms with E-state index in [1.54, 1.807) is 37.3 Å². The van der Waals surface area contributed by atoms with Crippen LogP contribution < -0.4 is 16.0 Å². The monoisotopic (exact) mass is 468 g/mol. The Bertz CT molecular complexity index is 1390. The maximum atomic E-state index is 13.2. The number of anilines is 3. The second kappa shape index (κ2) is 9.38. The Hall–Kier alpha value is -4.53. The summed E-state index contributed by atoms with van der Waals surface area (Å²) in [4.78, 5) is 41.9. The van der Waals surface area contributed by atoms with Gasteiger partial charge in [0.1, 0.15) is 18.7 Å². The van der Waals surface area contributed by atoms with Crippen LogP contribution in [0, 0.1) is 5.92 Å². The zero-order valence-corrected chi connectivity index (χ0v) is 19.1. The van der Waals surface area contributed by atoms with E-state index in [9.17, 15) is 14.4 Å². The molecule has 1 fully saturated rings. The van der Waals surface area contributed by atoms with Crippen molar-refractivity contribution in [2.45, 2.75) is 25.8 Å². The molecule has 1 aromatic heterocycles. The van der Waals surface area contributed by atoms with Crippen molar-refractivity contribution in [2.24, 2.45) is 5.92 Å². The van der Waals surface area contributed by atoms with Gasteiger partial charge in [0.15, 0.2) is 0 Å². The maximum absolute atomic E-state index is 13.2. The minimum Gasteiger partial charge on any atom is -0.325 e. The summed E-state index contributed by atoms with van der Waals surface area (Å²) in [6.45, 7) is 1.72. The van der Waals surface area contributed by atoms with Gasteiger partial charge >= 0.3 is 0 Å². The number of amides is 3. The van der Waals surface area contributed by atoms with Gasteiger partial charge in [-0.25, -0.2) is 9.67 Å². The molecule has 3 aromatic carbocycles. The number of nitrogens with one attached hydrogen (secondary N) is 3. The van der Waals surface area contributed by atoms with Crippen molar-refractivity contribution in [2.75, 3.05) is 16.0 Å². The lowest BCUT2D eigenvalue weighted by Crippen LogP contribution is -2.24. The summed E-state index contributed by atoms with van der Waals surface area (Å²) in [6.07, 6.45) is 4.61. The van der Waals surface area contributed by atoms with Crippen molar-refractivity contribution in [1.29, 1.82) is 0 Å². The van der Waals surface area contributed by atoms with Crippen LogP contribution in [0.25, 0.3) is 10.8 Å². The van der Waals surface area contributed by atoms with Gasteiger partial charge in [0.05, 0.1) is 11.3 Å². The van der Waals surface area contributed by atoms with Crippen molar-refractivity contribution >= 4 is 45.6 Å². The topological polar surface area (TPSA) is 118 Å². The molecule has 0 spiro atoms. The summed E-state index contributed by atoms with van der Waals surface area (Å²) >= 11 is 0. The fourth-order valence-electron chi connectivity index (χ4n) is 3.73. The summed E-state index contributed by atoms with van der Waals surface area (Å²) in [6, 6.07) is 17.6. The molecule has 4 aromatic rings. The van der Waals surface area contributed by atoms with Gasteiger partial charge in [0.25, 0.3) is 5.91 Å². The van der Waals surface area contributed by atoms with Crippen molar-refractivity contribution < 1.29 is 14.4 Å². The van der Waals surface area contributed by atoms with Crippen LogP contribution >= 0.6 is 0 Å². The van der Waals surface area contributed by atoms with Crippen LogP contribution in [0.15, 0.2) is 73.3 Å². The van der Waals surface area contributed by atoms with Crippen LogP contribution in [-0.4, -0.2) is 32.5 Å². The van der Waals surface area contributed by atoms with E-state index in [-0.39, 0.29) is 23.6 Å². The molecule has 0 saturated heterocycles. The highest BCUT2D eigenvalue weighted by Gasteiger charge is 2.30. The molecule has 9 nitrogen and oxygen atoms in total. The Morgan fingerprint density at radius 3 is 2.20 bits per heavy atom. The molecule has 1 unspecified atom stereocenters. The first-order valence-electron chi connectivity index (χ1n) is 11.4. The van der Waals surface area contributed by atoms with E-state index >= 15 is 0 Å². The molecule has 35 heavy (non-hydrogen) atoms. The van der Waals surface area contributed by atoms with Crippen LogP contribution in [0.4, 0.5) is 17.1 Å². The van der Waals surface area contributed by atoms with E-state index in [4.69, 9.17) is 0 Å². The Morgan fingerprint density at radius 2 is 1.57 bits per heavy atom. The maximum Gasteiger partial charge on any atom is 0.257 e. The molecule has 1 aliphatic rings. The molecular formula is C26H24N6O3. The molecule has 1 aliphatic carbocycles. The number of aromatic nitrogens is 3. The molecule has 1 heterocycles. The average Bonchev–Trinajstić information content (AvgIpc) is 3.58. The third kappa shape index (κ3) is 5.03. The molecule has 9 heteroatoms. The number of rotatable bonds is 7. The predicted molar refractivity (Wildman–Crippen MR) is 133 cm³/mol. The Balaban J connectivity index is 1.31. The second-order valence-corrected chi connectivity index (χ2v) is 8.58. The van der Waals surface area contributed by atoms with Gasteiger partial charge in [-0.1, -0.05) is 24.3 Å². The van der Waals surface area contributed by atoms with Gasteiger partial charge in [-0.3, -0.25) is 14.4 Å². The lowest BCUT2D eigenvalue weighted by Gasteiger charge is -2.14. The molecule has 1 saturated carbocycles. The number of carbonyl (C=O) groups excluding carboxylic acids is 3. The molecule has 176 valence electrons. The van der Waals surface area contributed by atoms with E-state index in [0.717, 1.165) is 23.6 Å². The summed E-state index contributed by atoms with van der Waals surface area (Å²) in [5.41, 5.74) is 2.02. The minimum atomic E-state index is -0.519. The van der Waals surface area contributed by atoms with Crippen LogP contribution in [0.2, 0.25) is 0 Å². The number of fused-ring (bicyclic) bond motifs is 1. The largest absolute Gasteiger partial charge is 0.325 e. The van der Waals surface area contributed by atoms with Crippen molar-refractivity contribution in [3.05, 3.63) is 78.9 Å². The number of nitrogens with zero attached hydrogens (tertiary/aromatic N) is 3. The molecule has 1 atom stereocenters. The van der Waals surface area contributed by atoms with Crippen LogP contribution in [0.1, 0.15) is 36.2 Å². The van der Waals surface area contributed by atoms with Crippen molar-refractivity contribution in [3.63, 3.8) is 0 Å². The van der Waals surface area contributed by atoms with E-state index in [1.807, 2.05) is 30.3 Å². The van der Waals surface area contributed by atoms with E-state index in [1.165, 1.54) is 17.3 Å². The third-order valence-electron chi connectivity index (χ3n) is 5.96. The Kier molecular flexibility index (Phi) is 5.97. The number of benzene rings is 3. The predicted octanol–water partition coefficient (Wildman–Crippen LogP) is 4.23. The van der Waals surface area contributed by atoms with Crippen molar-refractivity contribution in [1.82, 2.24) is 14.8 Å². The van der Waals surface area contributed by atoms with Gasteiger partial charge in [-0.05, 0) is 66.9 Å². The normalized spacial score (nSPS) is 13.7. The smallest absolute Gasteiger partial charge is 0.257 e. The zero-order chi connectivity index (χ0) is 24.4. The summed E-state index contributed by atoms with van der Waals surface area (Å²) in [5, 5.41) is 14.5. The Labute approximate surface area is 201 Å². The molecular weight excluding hydrogens is 444 g/mol. The zero-order valence-electron chi connectivity index (χ0n) is 19.1. The van der Waals surface area contributed by atoms with Crippen LogP contribution in [0.5, 0.6) is 0 Å². The van der Waals surface area contributed by atoms with Crippen molar-refractivity contribution in [3.8, 4) is 0 Å². The van der Waals surface area contributed by atoms with Gasteiger partial charge in [-0.15, -0.1) is 0 Å². The van der Waals surface area contributed by atoms with E-state index in [0.29, 0.717) is 22.6 Å². The summed E-state index contributed by atoms with van der Waals surface area (Å²) in [5.74, 6) is -0.611. The molecule has 5 rings (SSSR count). The SMILES string of the molecule is CC(C(=O)Nc1ccc(NC(=O)c2cc3ccccc3cc2NC(=O)C2CC2)cc1)n1cncn1. The average molecular weight is 469 g/mol. The fraction of sp³-hybridized carbons (Fsp3) is 0.192. The van der Waals surface area contributed by atoms with Gasteiger partial charge in [0, 0.05) is 17.3 Å². The number of carbonyl (C=O) groups is 3. The second-order valence-electron chi connectivity index (χ2n) is 8.58. The first-order chi connectivity index (χ1) is 17.0. The molecule has 0 aliphatic heterocycles. The highest BCUT2D eigenvalue weighted by atomic mass is 16.2. The Morgan fingerprint density at radius 1 is 0.914 bits per heavy atom. The highest BCUT2D eigenvalue weighted by Crippen LogP contribution is 2.32. The van der Waals surface area contributed by atoms with Gasteiger partial charge in [-0.2, -0.15) is 5.10 Å². The standard InChI is InChI=1S/C26H24N6O3/c1-16(32-15-27-14-28-32)24(33)29-20-8-10-21(11-9-20)30-26(35)22-12-18-4-2-3-5-19(18)13-23(22)31-25(34)17-6-7-17/h2-5,8-17H,6-7H2,1H3,(H,29,33)(H,30,35)(H,31,34). The number of hydrogen-bond donors (Lipinski definition) is 3. The van der Waals surface area contributed by atoms with E-state index < -0.39 is 6.04 Å². The van der Waals surface area contributed by atoms with Gasteiger partial charge < -0.3 is 16.0 Å². The van der Waals surface area contributed by atoms with Crippen LogP contribution in [-0.2, 0) is 9.59 Å². The quantitative estimate of drug-likeness (QED) is 0.375. The highest BCUT2D eigenvalue weighted by molar-refractivity contribution is 6.13. The molecule has 3 N–H and O–H groups in total. The first kappa shape index (κ1) is 22.3. The van der Waals surface area contributed by atoms with Gasteiger partial charge in [0.2, 0.25) is 11.8 Å². The first-order valence-corrected chi connectivity index (χ1v) is 11.4. The third-order valence-corrected chi connectivity index (χ3v) is 5.96. The molecule has 0 bridgehead atoms. The fourth-order valence-corrected chi connectivity index (χ4v) is 3.73. The lowest BCUT2D eigenvalue weighted by atomic mass is 10.0. The number of hydrogen-bond acceptors (Lipinski definition) is 5. The lowest BCUT2D eigenvalue weighted by molar-refractivity contribution is -0.119.